The van der Waals surface area contributed by atoms with E-state index in [1.165, 1.54) is 18.2 Å². The minimum atomic E-state index is -0.439. The minimum absolute atomic E-state index is 0.282. The molecule has 5 heteroatoms. The zero-order valence-corrected chi connectivity index (χ0v) is 11.9. The zero-order chi connectivity index (χ0) is 15.2. The summed E-state index contributed by atoms with van der Waals surface area (Å²) in [7, 11) is 3.12. The van der Waals surface area contributed by atoms with Gasteiger partial charge in [0.15, 0.2) is 0 Å². The lowest BCUT2D eigenvalue weighted by atomic mass is 10.1. The van der Waals surface area contributed by atoms with Crippen LogP contribution in [0.1, 0.15) is 15.9 Å². The summed E-state index contributed by atoms with van der Waals surface area (Å²) in [4.78, 5) is 11.9. The first kappa shape index (κ1) is 14.8. The second-order valence-electron chi connectivity index (χ2n) is 4.41. The molecule has 0 fully saturated rings. The number of amides is 1. The van der Waals surface area contributed by atoms with E-state index >= 15 is 0 Å². The van der Waals surface area contributed by atoms with Crippen LogP contribution in [-0.4, -0.2) is 20.1 Å². The molecule has 110 valence electrons. The van der Waals surface area contributed by atoms with Crippen LogP contribution in [-0.2, 0) is 6.54 Å². The summed E-state index contributed by atoms with van der Waals surface area (Å²) in [6, 6.07) is 10.9. The normalized spacial score (nSPS) is 10.0. The molecule has 0 saturated heterocycles. The molecular weight excluding hydrogens is 273 g/mol. The zero-order valence-electron chi connectivity index (χ0n) is 11.9. The molecule has 0 spiro atoms. The van der Waals surface area contributed by atoms with Gasteiger partial charge in [0.05, 0.1) is 14.2 Å². The van der Waals surface area contributed by atoms with Gasteiger partial charge < -0.3 is 14.8 Å². The molecule has 0 aliphatic heterocycles. The van der Waals surface area contributed by atoms with Crippen molar-refractivity contribution in [3.63, 3.8) is 0 Å². The van der Waals surface area contributed by atoms with Crippen molar-refractivity contribution in [3.8, 4) is 11.5 Å². The van der Waals surface area contributed by atoms with E-state index in [4.69, 9.17) is 9.47 Å². The lowest BCUT2D eigenvalue weighted by Crippen LogP contribution is -2.22. The Kier molecular flexibility index (Phi) is 4.77. The van der Waals surface area contributed by atoms with E-state index < -0.39 is 5.82 Å². The first-order valence-corrected chi connectivity index (χ1v) is 6.38. The van der Waals surface area contributed by atoms with Crippen LogP contribution in [0.4, 0.5) is 4.39 Å². The van der Waals surface area contributed by atoms with Crippen LogP contribution in [0.5, 0.6) is 11.5 Å². The van der Waals surface area contributed by atoms with Crippen LogP contribution in [0.25, 0.3) is 0 Å². The summed E-state index contributed by atoms with van der Waals surface area (Å²) < 4.78 is 23.4. The molecule has 1 amide bonds. The van der Waals surface area contributed by atoms with E-state index in [1.807, 2.05) is 0 Å². The third-order valence-corrected chi connectivity index (χ3v) is 2.95. The average Bonchev–Trinajstić information content (AvgIpc) is 2.52. The Bertz CT molecular complexity index is 621. The molecule has 0 unspecified atom stereocenters. The maximum absolute atomic E-state index is 13.1. The Balaban J connectivity index is 2.07. The molecule has 0 atom stereocenters. The fourth-order valence-corrected chi connectivity index (χ4v) is 1.88. The quantitative estimate of drug-likeness (QED) is 0.920. The summed E-state index contributed by atoms with van der Waals surface area (Å²) in [5, 5.41) is 2.73. The fraction of sp³-hybridized carbons (Fsp3) is 0.188. The van der Waals surface area contributed by atoms with Gasteiger partial charge in [-0.1, -0.05) is 6.07 Å². The molecule has 0 saturated carbocycles. The molecule has 2 aromatic carbocycles. The van der Waals surface area contributed by atoms with Crippen molar-refractivity contribution >= 4 is 5.91 Å². The Morgan fingerprint density at radius 1 is 1.10 bits per heavy atom. The maximum atomic E-state index is 13.1. The number of methoxy groups -OCH3 is 2. The van der Waals surface area contributed by atoms with Gasteiger partial charge in [-0.25, -0.2) is 4.39 Å². The van der Waals surface area contributed by atoms with Crippen molar-refractivity contribution in [1.29, 1.82) is 0 Å². The predicted molar refractivity (Wildman–Crippen MR) is 77.1 cm³/mol. The van der Waals surface area contributed by atoms with E-state index in [0.717, 1.165) is 5.56 Å². The summed E-state index contributed by atoms with van der Waals surface area (Å²) >= 11 is 0. The third-order valence-electron chi connectivity index (χ3n) is 2.95. The molecule has 21 heavy (non-hydrogen) atoms. The largest absolute Gasteiger partial charge is 0.497 e. The van der Waals surface area contributed by atoms with Crippen molar-refractivity contribution in [2.75, 3.05) is 14.2 Å². The summed E-state index contributed by atoms with van der Waals surface area (Å²) in [5.41, 5.74) is 1.11. The van der Waals surface area contributed by atoms with Crippen LogP contribution in [0.15, 0.2) is 42.5 Å². The van der Waals surface area contributed by atoms with Gasteiger partial charge in [0.25, 0.3) is 5.91 Å². The maximum Gasteiger partial charge on any atom is 0.251 e. The third kappa shape index (κ3) is 3.95. The van der Waals surface area contributed by atoms with Crippen LogP contribution >= 0.6 is 0 Å². The molecule has 0 radical (unpaired) electrons. The summed E-state index contributed by atoms with van der Waals surface area (Å²) in [6.07, 6.45) is 0. The van der Waals surface area contributed by atoms with Crippen molar-refractivity contribution in [3.05, 3.63) is 59.4 Å². The molecule has 4 nitrogen and oxygen atoms in total. The number of hydrogen-bond acceptors (Lipinski definition) is 3. The second-order valence-corrected chi connectivity index (χ2v) is 4.41. The van der Waals surface area contributed by atoms with Crippen molar-refractivity contribution in [2.24, 2.45) is 0 Å². The number of carbonyl (C=O) groups is 1. The van der Waals surface area contributed by atoms with Crippen LogP contribution in [0.2, 0.25) is 0 Å². The van der Waals surface area contributed by atoms with Crippen LogP contribution < -0.4 is 14.8 Å². The number of carbonyl (C=O) groups excluding carboxylic acids is 1. The number of ether oxygens (including phenoxy) is 2. The van der Waals surface area contributed by atoms with E-state index in [9.17, 15) is 9.18 Å². The van der Waals surface area contributed by atoms with E-state index in [2.05, 4.69) is 5.32 Å². The SMILES string of the molecule is COc1cc(CNC(=O)c2cccc(F)c2)cc(OC)c1. The smallest absolute Gasteiger partial charge is 0.251 e. The van der Waals surface area contributed by atoms with Gasteiger partial charge in [0.2, 0.25) is 0 Å². The number of hydrogen-bond donors (Lipinski definition) is 1. The molecule has 0 aromatic heterocycles. The number of rotatable bonds is 5. The Hall–Kier alpha value is -2.56. The second kappa shape index (κ2) is 6.74. The highest BCUT2D eigenvalue weighted by molar-refractivity contribution is 5.94. The van der Waals surface area contributed by atoms with Gasteiger partial charge in [0.1, 0.15) is 17.3 Å². The van der Waals surface area contributed by atoms with E-state index in [0.29, 0.717) is 18.0 Å². The van der Waals surface area contributed by atoms with Gasteiger partial charge in [-0.15, -0.1) is 0 Å². The van der Waals surface area contributed by atoms with Crippen molar-refractivity contribution < 1.29 is 18.7 Å². The van der Waals surface area contributed by atoms with E-state index in [-0.39, 0.29) is 11.5 Å². The van der Waals surface area contributed by atoms with Crippen molar-refractivity contribution in [1.82, 2.24) is 5.32 Å². The average molecular weight is 289 g/mol. The monoisotopic (exact) mass is 289 g/mol. The topological polar surface area (TPSA) is 47.6 Å². The molecule has 2 rings (SSSR count). The van der Waals surface area contributed by atoms with Gasteiger partial charge >= 0.3 is 0 Å². The highest BCUT2D eigenvalue weighted by atomic mass is 19.1. The highest BCUT2D eigenvalue weighted by Gasteiger charge is 2.07. The van der Waals surface area contributed by atoms with Gasteiger partial charge in [-0.05, 0) is 35.9 Å². The molecule has 2 aromatic rings. The van der Waals surface area contributed by atoms with Crippen LogP contribution in [0, 0.1) is 5.82 Å². The Morgan fingerprint density at radius 2 is 1.76 bits per heavy atom. The van der Waals surface area contributed by atoms with Gasteiger partial charge in [0, 0.05) is 18.2 Å². The summed E-state index contributed by atoms with van der Waals surface area (Å²) in [6.45, 7) is 0.295. The molecule has 0 bridgehead atoms. The van der Waals surface area contributed by atoms with E-state index in [1.54, 1.807) is 38.5 Å². The fourth-order valence-electron chi connectivity index (χ4n) is 1.88. The Labute approximate surface area is 122 Å². The molecule has 0 aliphatic rings. The lowest BCUT2D eigenvalue weighted by Gasteiger charge is -2.09. The molecule has 1 N–H and O–H groups in total. The molecule has 0 aliphatic carbocycles. The van der Waals surface area contributed by atoms with Gasteiger partial charge in [-0.2, -0.15) is 0 Å². The summed E-state index contributed by atoms with van der Waals surface area (Å²) in [5.74, 6) is 0.510. The number of benzene rings is 2. The number of halogens is 1. The van der Waals surface area contributed by atoms with Crippen molar-refractivity contribution in [2.45, 2.75) is 6.54 Å². The predicted octanol–water partition coefficient (Wildman–Crippen LogP) is 2.77. The Morgan fingerprint density at radius 3 is 2.33 bits per heavy atom. The molecular formula is C16H16FNO3. The highest BCUT2D eigenvalue weighted by Crippen LogP contribution is 2.22. The standard InChI is InChI=1S/C16H16FNO3/c1-20-14-6-11(7-15(9-14)21-2)10-18-16(19)12-4-3-5-13(17)8-12/h3-9H,10H2,1-2H3,(H,18,19). The minimum Gasteiger partial charge on any atom is -0.497 e. The van der Waals surface area contributed by atoms with Crippen LogP contribution in [0.3, 0.4) is 0 Å². The number of nitrogens with one attached hydrogen (secondary N) is 1. The van der Waals surface area contributed by atoms with Gasteiger partial charge in [-0.3, -0.25) is 4.79 Å². The first-order chi connectivity index (χ1) is 10.1. The first-order valence-electron chi connectivity index (χ1n) is 6.38. The molecule has 0 heterocycles. The lowest BCUT2D eigenvalue weighted by molar-refractivity contribution is 0.0950.